The van der Waals surface area contributed by atoms with Crippen molar-refractivity contribution in [1.82, 2.24) is 9.38 Å². The fourth-order valence-electron chi connectivity index (χ4n) is 1.81. The average Bonchev–Trinajstić information content (AvgIpc) is 2.89. The molecule has 5 heteroatoms. The number of thiazole rings is 1. The van der Waals surface area contributed by atoms with E-state index >= 15 is 0 Å². The minimum Gasteiger partial charge on any atom is -0.437 e. The second-order valence-corrected chi connectivity index (χ2v) is 5.41. The Labute approximate surface area is 117 Å². The quantitative estimate of drug-likeness (QED) is 0.668. The smallest absolute Gasteiger partial charge is 0.243 e. The molecule has 0 spiro atoms. The summed E-state index contributed by atoms with van der Waals surface area (Å²) in [6, 6.07) is 7.98. The second kappa shape index (κ2) is 4.74. The Balaban J connectivity index is 2.01. The number of hydrogen-bond donors (Lipinski definition) is 0. The maximum Gasteiger partial charge on any atom is 0.243 e. The summed E-state index contributed by atoms with van der Waals surface area (Å²) < 4.78 is 7.92. The first kappa shape index (κ1) is 11.7. The molecule has 0 bridgehead atoms. The zero-order chi connectivity index (χ0) is 12.5. The van der Waals surface area contributed by atoms with E-state index in [1.54, 1.807) is 11.3 Å². The molecule has 0 saturated carbocycles. The molecule has 0 fully saturated rings. The number of nitrogens with zero attached hydrogens (tertiary/aromatic N) is 2. The van der Waals surface area contributed by atoms with Crippen LogP contribution in [0.4, 0.5) is 0 Å². The van der Waals surface area contributed by atoms with E-state index in [0.29, 0.717) is 11.2 Å². The molecule has 0 saturated heterocycles. The van der Waals surface area contributed by atoms with Gasteiger partial charge in [-0.1, -0.05) is 28.1 Å². The van der Waals surface area contributed by atoms with Gasteiger partial charge in [-0.15, -0.1) is 11.3 Å². The van der Waals surface area contributed by atoms with Crippen molar-refractivity contribution in [3.63, 3.8) is 0 Å². The Morgan fingerprint density at radius 2 is 2.33 bits per heavy atom. The van der Waals surface area contributed by atoms with Gasteiger partial charge in [-0.2, -0.15) is 4.98 Å². The molecule has 0 aliphatic rings. The predicted octanol–water partition coefficient (Wildman–Crippen LogP) is 4.39. The van der Waals surface area contributed by atoms with E-state index in [4.69, 9.17) is 4.74 Å². The van der Waals surface area contributed by atoms with E-state index in [9.17, 15) is 0 Å². The van der Waals surface area contributed by atoms with Crippen molar-refractivity contribution < 1.29 is 4.74 Å². The number of aryl methyl sites for hydroxylation is 1. The van der Waals surface area contributed by atoms with Crippen molar-refractivity contribution in [2.24, 2.45) is 0 Å². The van der Waals surface area contributed by atoms with Crippen LogP contribution in [0.2, 0.25) is 0 Å². The minimum absolute atomic E-state index is 0.671. The van der Waals surface area contributed by atoms with Gasteiger partial charge >= 0.3 is 0 Å². The first-order chi connectivity index (χ1) is 8.78. The van der Waals surface area contributed by atoms with Gasteiger partial charge in [-0.25, -0.2) is 0 Å². The highest BCUT2D eigenvalue weighted by Gasteiger charge is 2.13. The number of imidazole rings is 1. The van der Waals surface area contributed by atoms with Crippen LogP contribution in [-0.4, -0.2) is 9.38 Å². The van der Waals surface area contributed by atoms with Gasteiger partial charge in [0.15, 0.2) is 4.96 Å². The number of benzene rings is 1. The predicted molar refractivity (Wildman–Crippen MR) is 77.0 cm³/mol. The molecule has 3 aromatic rings. The summed E-state index contributed by atoms with van der Waals surface area (Å²) in [5.74, 6) is 1.49. The molecule has 1 aromatic carbocycles. The standard InChI is InChI=1S/C13H11BrN2OS/c1-9-3-2-4-10(7-9)17-12-11(8-14)16-5-6-18-13(16)15-12/h2-7H,8H2,1H3. The highest BCUT2D eigenvalue weighted by atomic mass is 79.9. The number of fused-ring (bicyclic) bond motifs is 1. The average molecular weight is 323 g/mol. The normalized spacial score (nSPS) is 11.0. The molecule has 0 aliphatic carbocycles. The van der Waals surface area contributed by atoms with Crippen LogP contribution in [0.15, 0.2) is 35.8 Å². The summed E-state index contributed by atoms with van der Waals surface area (Å²) in [6.07, 6.45) is 2.01. The van der Waals surface area contributed by atoms with Crippen molar-refractivity contribution in [2.45, 2.75) is 12.3 Å². The summed E-state index contributed by atoms with van der Waals surface area (Å²) in [6.45, 7) is 2.05. The van der Waals surface area contributed by atoms with Gasteiger partial charge in [0.1, 0.15) is 5.75 Å². The first-order valence-electron chi connectivity index (χ1n) is 5.53. The van der Waals surface area contributed by atoms with Gasteiger partial charge in [0.25, 0.3) is 0 Å². The Morgan fingerprint density at radius 1 is 1.44 bits per heavy atom. The van der Waals surface area contributed by atoms with E-state index in [1.807, 2.05) is 47.2 Å². The monoisotopic (exact) mass is 322 g/mol. The lowest BCUT2D eigenvalue weighted by molar-refractivity contribution is 0.461. The van der Waals surface area contributed by atoms with Gasteiger partial charge in [0.2, 0.25) is 5.88 Å². The fraction of sp³-hybridized carbons (Fsp3) is 0.154. The highest BCUT2D eigenvalue weighted by molar-refractivity contribution is 9.08. The Hall–Kier alpha value is -1.33. The maximum absolute atomic E-state index is 5.87. The van der Waals surface area contributed by atoms with E-state index in [0.717, 1.165) is 16.4 Å². The lowest BCUT2D eigenvalue weighted by Gasteiger charge is -2.04. The molecule has 92 valence electrons. The van der Waals surface area contributed by atoms with Crippen LogP contribution < -0.4 is 4.74 Å². The molecule has 0 N–H and O–H groups in total. The zero-order valence-corrected chi connectivity index (χ0v) is 12.2. The highest BCUT2D eigenvalue weighted by Crippen LogP contribution is 2.29. The molecule has 3 rings (SSSR count). The molecule has 0 radical (unpaired) electrons. The number of hydrogen-bond acceptors (Lipinski definition) is 3. The van der Waals surface area contributed by atoms with Gasteiger partial charge in [0, 0.05) is 16.9 Å². The third kappa shape index (κ3) is 2.04. The third-order valence-corrected chi connectivity index (χ3v) is 3.94. The molecule has 0 atom stereocenters. The molecular weight excluding hydrogens is 312 g/mol. The van der Waals surface area contributed by atoms with Crippen LogP contribution in [0, 0.1) is 6.92 Å². The van der Waals surface area contributed by atoms with Crippen LogP contribution in [0.25, 0.3) is 4.96 Å². The van der Waals surface area contributed by atoms with Crippen molar-refractivity contribution in [3.05, 3.63) is 47.1 Å². The van der Waals surface area contributed by atoms with E-state index < -0.39 is 0 Å². The lowest BCUT2D eigenvalue weighted by Crippen LogP contribution is -1.91. The second-order valence-electron chi connectivity index (χ2n) is 3.97. The van der Waals surface area contributed by atoms with Crippen LogP contribution in [0.1, 0.15) is 11.3 Å². The fourth-order valence-corrected chi connectivity index (χ4v) is 3.04. The number of halogens is 1. The van der Waals surface area contributed by atoms with Gasteiger partial charge in [-0.3, -0.25) is 4.40 Å². The summed E-state index contributed by atoms with van der Waals surface area (Å²) in [5, 5.41) is 2.73. The maximum atomic E-state index is 5.87. The van der Waals surface area contributed by atoms with Gasteiger partial charge in [-0.05, 0) is 24.6 Å². The first-order valence-corrected chi connectivity index (χ1v) is 7.53. The lowest BCUT2D eigenvalue weighted by atomic mass is 10.2. The van der Waals surface area contributed by atoms with Crippen LogP contribution in [0.3, 0.4) is 0 Å². The number of ether oxygens (including phenoxy) is 1. The summed E-state index contributed by atoms with van der Waals surface area (Å²) in [7, 11) is 0. The molecule has 0 aliphatic heterocycles. The number of alkyl halides is 1. The molecule has 0 amide bonds. The number of rotatable bonds is 3. The molecule has 3 nitrogen and oxygen atoms in total. The zero-order valence-electron chi connectivity index (χ0n) is 9.76. The van der Waals surface area contributed by atoms with E-state index in [1.165, 1.54) is 5.56 Å². The topological polar surface area (TPSA) is 26.5 Å². The SMILES string of the molecule is Cc1cccc(Oc2nc3sccn3c2CBr)c1. The Bertz CT molecular complexity index is 689. The Morgan fingerprint density at radius 3 is 3.11 bits per heavy atom. The minimum atomic E-state index is 0.671. The molecular formula is C13H11BrN2OS. The van der Waals surface area contributed by atoms with Crippen LogP contribution in [0.5, 0.6) is 11.6 Å². The largest absolute Gasteiger partial charge is 0.437 e. The van der Waals surface area contributed by atoms with Crippen LogP contribution >= 0.6 is 27.3 Å². The van der Waals surface area contributed by atoms with Crippen molar-refractivity contribution in [1.29, 1.82) is 0 Å². The molecule has 2 heterocycles. The summed E-state index contributed by atoms with van der Waals surface area (Å²) >= 11 is 5.09. The third-order valence-electron chi connectivity index (χ3n) is 2.65. The van der Waals surface area contributed by atoms with E-state index in [2.05, 4.69) is 20.9 Å². The van der Waals surface area contributed by atoms with Gasteiger partial charge < -0.3 is 4.74 Å². The van der Waals surface area contributed by atoms with Crippen molar-refractivity contribution >= 4 is 32.2 Å². The van der Waals surface area contributed by atoms with Crippen molar-refractivity contribution in [3.8, 4) is 11.6 Å². The van der Waals surface area contributed by atoms with Crippen LogP contribution in [-0.2, 0) is 5.33 Å². The molecule has 0 unspecified atom stereocenters. The summed E-state index contributed by atoms with van der Waals surface area (Å²) in [5.41, 5.74) is 2.21. The van der Waals surface area contributed by atoms with E-state index in [-0.39, 0.29) is 0 Å². The Kier molecular flexibility index (Phi) is 3.09. The molecule has 2 aromatic heterocycles. The van der Waals surface area contributed by atoms with Gasteiger partial charge in [0.05, 0.1) is 5.69 Å². The summed E-state index contributed by atoms with van der Waals surface area (Å²) in [4.78, 5) is 5.45. The number of aromatic nitrogens is 2. The van der Waals surface area contributed by atoms with Crippen molar-refractivity contribution in [2.75, 3.05) is 0 Å². The molecule has 18 heavy (non-hydrogen) atoms.